The van der Waals surface area contributed by atoms with Crippen molar-refractivity contribution >= 4 is 0 Å². The molecule has 1 aliphatic heterocycles. The second kappa shape index (κ2) is 4.93. The number of hydrogen-bond donors (Lipinski definition) is 1. The van der Waals surface area contributed by atoms with E-state index in [1.54, 1.807) is 6.07 Å². The van der Waals surface area contributed by atoms with E-state index in [9.17, 15) is 4.39 Å². The van der Waals surface area contributed by atoms with E-state index in [1.165, 1.54) is 6.07 Å². The Bertz CT molecular complexity index is 350. The Morgan fingerprint density at radius 3 is 2.75 bits per heavy atom. The maximum Gasteiger partial charge on any atom is 0.126 e. The molecule has 1 aromatic carbocycles. The summed E-state index contributed by atoms with van der Waals surface area (Å²) in [6.45, 7) is 5.63. The summed E-state index contributed by atoms with van der Waals surface area (Å²) in [5, 5.41) is 3.36. The predicted octanol–water partition coefficient (Wildman–Crippen LogP) is 1.99. The number of rotatable bonds is 5. The van der Waals surface area contributed by atoms with Crippen LogP contribution in [0.5, 0.6) is 0 Å². The monoisotopic (exact) mass is 223 g/mol. The van der Waals surface area contributed by atoms with Crippen molar-refractivity contribution in [3.8, 4) is 0 Å². The number of ether oxygens (including phenoxy) is 1. The first-order valence-electron chi connectivity index (χ1n) is 5.72. The Morgan fingerprint density at radius 2 is 2.12 bits per heavy atom. The van der Waals surface area contributed by atoms with Crippen molar-refractivity contribution in [3.05, 3.63) is 35.6 Å². The van der Waals surface area contributed by atoms with Crippen LogP contribution in [-0.4, -0.2) is 26.3 Å². The maximum absolute atomic E-state index is 13.3. The van der Waals surface area contributed by atoms with Crippen LogP contribution in [0, 0.1) is 11.2 Å². The van der Waals surface area contributed by atoms with Gasteiger partial charge in [-0.2, -0.15) is 0 Å². The van der Waals surface area contributed by atoms with Crippen LogP contribution in [0.4, 0.5) is 4.39 Å². The molecule has 1 heterocycles. The topological polar surface area (TPSA) is 21.3 Å². The minimum Gasteiger partial charge on any atom is -0.380 e. The molecule has 1 aliphatic rings. The molecule has 0 aliphatic carbocycles. The van der Waals surface area contributed by atoms with Crippen LogP contribution in [-0.2, 0) is 11.2 Å². The van der Waals surface area contributed by atoms with Crippen molar-refractivity contribution < 1.29 is 9.13 Å². The van der Waals surface area contributed by atoms with Gasteiger partial charge in [0.25, 0.3) is 0 Å². The van der Waals surface area contributed by atoms with Gasteiger partial charge in [0.2, 0.25) is 0 Å². The molecule has 3 heteroatoms. The van der Waals surface area contributed by atoms with Gasteiger partial charge in [-0.15, -0.1) is 0 Å². The van der Waals surface area contributed by atoms with Crippen molar-refractivity contribution in [2.75, 3.05) is 26.3 Å². The van der Waals surface area contributed by atoms with Crippen LogP contribution in [0.25, 0.3) is 0 Å². The molecule has 2 nitrogen and oxygen atoms in total. The molecule has 0 bridgehead atoms. The fourth-order valence-corrected chi connectivity index (χ4v) is 1.87. The van der Waals surface area contributed by atoms with Gasteiger partial charge in [-0.3, -0.25) is 0 Å². The third kappa shape index (κ3) is 2.80. The first-order valence-corrected chi connectivity index (χ1v) is 5.72. The van der Waals surface area contributed by atoms with E-state index < -0.39 is 0 Å². The SMILES string of the molecule is CC1(CNCCc2ccccc2F)COC1. The summed E-state index contributed by atoms with van der Waals surface area (Å²) in [6, 6.07) is 6.94. The summed E-state index contributed by atoms with van der Waals surface area (Å²) in [7, 11) is 0. The minimum atomic E-state index is -0.109. The van der Waals surface area contributed by atoms with Gasteiger partial charge in [0, 0.05) is 12.0 Å². The van der Waals surface area contributed by atoms with E-state index >= 15 is 0 Å². The number of hydrogen-bond acceptors (Lipinski definition) is 2. The fraction of sp³-hybridized carbons (Fsp3) is 0.538. The first-order chi connectivity index (χ1) is 7.70. The molecule has 88 valence electrons. The Labute approximate surface area is 95.8 Å². The van der Waals surface area contributed by atoms with Crippen molar-refractivity contribution in [3.63, 3.8) is 0 Å². The summed E-state index contributed by atoms with van der Waals surface area (Å²) in [5.41, 5.74) is 1.07. The lowest BCUT2D eigenvalue weighted by Gasteiger charge is -2.38. The molecule has 2 rings (SSSR count). The molecular formula is C13H18FNO. The van der Waals surface area contributed by atoms with E-state index in [4.69, 9.17) is 4.74 Å². The van der Waals surface area contributed by atoms with Crippen molar-refractivity contribution in [1.29, 1.82) is 0 Å². The van der Waals surface area contributed by atoms with Crippen molar-refractivity contribution in [2.24, 2.45) is 5.41 Å². The fourth-order valence-electron chi connectivity index (χ4n) is 1.87. The summed E-state index contributed by atoms with van der Waals surface area (Å²) >= 11 is 0. The van der Waals surface area contributed by atoms with Crippen molar-refractivity contribution in [1.82, 2.24) is 5.32 Å². The van der Waals surface area contributed by atoms with Gasteiger partial charge in [0.15, 0.2) is 0 Å². The van der Waals surface area contributed by atoms with Crippen LogP contribution in [0.2, 0.25) is 0 Å². The highest BCUT2D eigenvalue weighted by Gasteiger charge is 2.32. The van der Waals surface area contributed by atoms with Gasteiger partial charge >= 0.3 is 0 Å². The third-order valence-electron chi connectivity index (χ3n) is 2.98. The number of benzene rings is 1. The molecule has 1 saturated heterocycles. The third-order valence-corrected chi connectivity index (χ3v) is 2.98. The maximum atomic E-state index is 13.3. The van der Waals surface area contributed by atoms with Crippen molar-refractivity contribution in [2.45, 2.75) is 13.3 Å². The molecule has 1 N–H and O–H groups in total. The smallest absolute Gasteiger partial charge is 0.126 e. The standard InChI is InChI=1S/C13H18FNO/c1-13(9-16-10-13)8-15-7-6-11-4-2-3-5-12(11)14/h2-5,15H,6-10H2,1H3. The molecule has 0 unspecified atom stereocenters. The highest BCUT2D eigenvalue weighted by Crippen LogP contribution is 2.24. The van der Waals surface area contributed by atoms with Gasteiger partial charge in [-0.1, -0.05) is 25.1 Å². The zero-order chi connectivity index (χ0) is 11.4. The summed E-state index contributed by atoms with van der Waals surface area (Å²) in [4.78, 5) is 0. The molecule has 0 spiro atoms. The number of halogens is 1. The quantitative estimate of drug-likeness (QED) is 0.771. The Morgan fingerprint density at radius 1 is 1.38 bits per heavy atom. The van der Waals surface area contributed by atoms with Crippen LogP contribution in [0.1, 0.15) is 12.5 Å². The molecule has 1 fully saturated rings. The summed E-state index contributed by atoms with van der Waals surface area (Å²) in [6.07, 6.45) is 0.740. The lowest BCUT2D eigenvalue weighted by atomic mass is 9.89. The van der Waals surface area contributed by atoms with Gasteiger partial charge in [0.05, 0.1) is 13.2 Å². The van der Waals surface area contributed by atoms with Crippen LogP contribution < -0.4 is 5.32 Å². The first kappa shape index (κ1) is 11.6. The predicted molar refractivity (Wildman–Crippen MR) is 61.9 cm³/mol. The van der Waals surface area contributed by atoms with Gasteiger partial charge in [-0.25, -0.2) is 4.39 Å². The highest BCUT2D eigenvalue weighted by molar-refractivity contribution is 5.17. The molecule has 16 heavy (non-hydrogen) atoms. The van der Waals surface area contributed by atoms with E-state index in [2.05, 4.69) is 12.2 Å². The van der Waals surface area contributed by atoms with E-state index in [-0.39, 0.29) is 11.2 Å². The lowest BCUT2D eigenvalue weighted by molar-refractivity contribution is -0.0988. The van der Waals surface area contributed by atoms with Gasteiger partial charge in [0.1, 0.15) is 5.82 Å². The zero-order valence-corrected chi connectivity index (χ0v) is 9.63. The average Bonchev–Trinajstić information content (AvgIpc) is 2.24. The van der Waals surface area contributed by atoms with Crippen LogP contribution in [0.15, 0.2) is 24.3 Å². The highest BCUT2D eigenvalue weighted by atomic mass is 19.1. The molecule has 0 aromatic heterocycles. The molecular weight excluding hydrogens is 205 g/mol. The zero-order valence-electron chi connectivity index (χ0n) is 9.63. The van der Waals surface area contributed by atoms with Crippen LogP contribution in [0.3, 0.4) is 0 Å². The normalized spacial score (nSPS) is 18.1. The molecule has 0 atom stereocenters. The summed E-state index contributed by atoms with van der Waals surface area (Å²) in [5.74, 6) is -0.109. The van der Waals surface area contributed by atoms with Crippen LogP contribution >= 0.6 is 0 Å². The second-order valence-electron chi connectivity index (χ2n) is 4.82. The lowest BCUT2D eigenvalue weighted by Crippen LogP contribution is -2.47. The Hall–Kier alpha value is -0.930. The minimum absolute atomic E-state index is 0.109. The molecule has 0 radical (unpaired) electrons. The molecule has 1 aromatic rings. The second-order valence-corrected chi connectivity index (χ2v) is 4.82. The largest absolute Gasteiger partial charge is 0.380 e. The average molecular weight is 223 g/mol. The van der Waals surface area contributed by atoms with Gasteiger partial charge < -0.3 is 10.1 Å². The Balaban J connectivity index is 1.70. The Kier molecular flexibility index (Phi) is 3.56. The molecule has 0 amide bonds. The van der Waals surface area contributed by atoms with E-state index in [0.29, 0.717) is 0 Å². The number of nitrogens with one attached hydrogen (secondary N) is 1. The summed E-state index contributed by atoms with van der Waals surface area (Å²) < 4.78 is 18.5. The van der Waals surface area contributed by atoms with E-state index in [1.807, 2.05) is 12.1 Å². The van der Waals surface area contributed by atoms with Gasteiger partial charge in [-0.05, 0) is 24.6 Å². The molecule has 0 saturated carbocycles. The van der Waals surface area contributed by atoms with E-state index in [0.717, 1.165) is 38.3 Å².